The number of ether oxygens (including phenoxy) is 1. The Morgan fingerprint density at radius 1 is 0.833 bits per heavy atom. The van der Waals surface area contributed by atoms with E-state index >= 15 is 0 Å². The van der Waals surface area contributed by atoms with Crippen molar-refractivity contribution >= 4 is 27.8 Å². The molecule has 198 valence electrons. The van der Waals surface area contributed by atoms with Crippen LogP contribution < -0.4 is 13.2 Å². The Balaban J connectivity index is 1.41. The predicted octanol–water partition coefficient (Wildman–Crippen LogP) is 6.39. The standard InChI is InChI=1S/C17H19N4O.C5H11.2C4H9.Sn/c1-22-17-6-5-13(9-19-17)10-21-14-8-15(21)12-20(11-14)16-4-2-3-7-18-16;1-3-5-4-2;2*1-3-4-2;/h2,4-7,9,14-15H,8,10-12H2,1H3;1,3-5H2,2H3;2*1,3-4H2,2H3;. The second-order valence-electron chi connectivity index (χ2n) is 11.2. The van der Waals surface area contributed by atoms with Crippen molar-refractivity contribution in [2.24, 2.45) is 0 Å². The molecule has 0 N–H and O–H groups in total. The van der Waals surface area contributed by atoms with Gasteiger partial charge in [0.15, 0.2) is 0 Å². The molecule has 0 spiro atoms. The zero-order chi connectivity index (χ0) is 25.4. The van der Waals surface area contributed by atoms with Gasteiger partial charge in [0.25, 0.3) is 0 Å². The van der Waals surface area contributed by atoms with Gasteiger partial charge in [0, 0.05) is 0 Å². The Bertz CT molecular complexity index is 900. The number of aromatic nitrogens is 2. The van der Waals surface area contributed by atoms with Crippen LogP contribution in [0.5, 0.6) is 5.88 Å². The first-order valence-corrected chi connectivity index (χ1v) is 22.1. The molecule has 2 aromatic heterocycles. The average molecular weight is 599 g/mol. The van der Waals surface area contributed by atoms with Crippen molar-refractivity contribution in [3.8, 4) is 5.88 Å². The fourth-order valence-corrected chi connectivity index (χ4v) is 21.8. The van der Waals surface area contributed by atoms with Crippen molar-refractivity contribution in [2.45, 2.75) is 104 Å². The van der Waals surface area contributed by atoms with E-state index in [1.807, 2.05) is 12.3 Å². The van der Waals surface area contributed by atoms with E-state index in [1.165, 1.54) is 76.1 Å². The summed E-state index contributed by atoms with van der Waals surface area (Å²) in [5.74, 6) is 1.88. The molecule has 0 aliphatic carbocycles. The van der Waals surface area contributed by atoms with Crippen LogP contribution >= 0.6 is 0 Å². The number of piperidine rings is 1. The Hall–Kier alpha value is -1.34. The molecule has 0 aromatic carbocycles. The molecule has 3 aliphatic heterocycles. The van der Waals surface area contributed by atoms with E-state index in [-0.39, 0.29) is 0 Å². The number of pyridine rings is 2. The molecule has 0 radical (unpaired) electrons. The number of rotatable bonds is 15. The number of hydrogen-bond acceptors (Lipinski definition) is 5. The number of piperazine rings is 1. The van der Waals surface area contributed by atoms with Crippen LogP contribution in [-0.4, -0.2) is 65.5 Å². The zero-order valence-electron chi connectivity index (χ0n) is 23.2. The van der Waals surface area contributed by atoms with E-state index in [0.29, 0.717) is 18.0 Å². The molecule has 0 amide bonds. The summed E-state index contributed by atoms with van der Waals surface area (Å²) in [5.41, 5.74) is 1.27. The van der Waals surface area contributed by atoms with Crippen molar-refractivity contribution in [1.29, 1.82) is 0 Å². The normalized spacial score (nSPS) is 19.8. The summed E-state index contributed by atoms with van der Waals surface area (Å²) in [6.07, 6.45) is 15.2. The molecule has 3 aliphatic rings. The summed E-state index contributed by atoms with van der Waals surface area (Å²) in [6.45, 7) is 10.2. The summed E-state index contributed by atoms with van der Waals surface area (Å²) < 4.78 is 11.5. The molecule has 2 atom stereocenters. The first-order chi connectivity index (χ1) is 17.6. The molecule has 0 saturated carbocycles. The van der Waals surface area contributed by atoms with E-state index in [9.17, 15) is 0 Å². The molecule has 5 rings (SSSR count). The Labute approximate surface area is 223 Å². The van der Waals surface area contributed by atoms with Gasteiger partial charge in [-0.15, -0.1) is 0 Å². The fourth-order valence-electron chi connectivity index (χ4n) is 6.41. The van der Waals surface area contributed by atoms with E-state index < -0.39 is 18.4 Å². The molecule has 5 nitrogen and oxygen atoms in total. The van der Waals surface area contributed by atoms with Gasteiger partial charge in [0.1, 0.15) is 0 Å². The summed E-state index contributed by atoms with van der Waals surface area (Å²) in [7, 11) is 1.67. The number of fused-ring (bicyclic) bond motifs is 2. The van der Waals surface area contributed by atoms with Gasteiger partial charge in [-0.3, -0.25) is 0 Å². The SMILES string of the molecule is CCCC[CH2][Sn]([CH2]CCC)([CH2]CCC)[c]1ccc(N2CC3CC(C2)N3Cc2ccc(OC)nc2)nc1. The summed E-state index contributed by atoms with van der Waals surface area (Å²) in [4.78, 5) is 14.7. The molecule has 3 fully saturated rings. The third-order valence-corrected chi connectivity index (χ3v) is 24.2. The molecule has 3 saturated heterocycles. The van der Waals surface area contributed by atoms with Crippen LogP contribution in [0.15, 0.2) is 36.7 Å². The number of methoxy groups -OCH3 is 1. The monoisotopic (exact) mass is 600 g/mol. The Morgan fingerprint density at radius 2 is 1.53 bits per heavy atom. The van der Waals surface area contributed by atoms with Gasteiger partial charge < -0.3 is 4.74 Å². The number of hydrogen-bond donors (Lipinski definition) is 0. The van der Waals surface area contributed by atoms with Crippen LogP contribution in [0.2, 0.25) is 13.3 Å². The van der Waals surface area contributed by atoms with Crippen molar-refractivity contribution in [3.63, 3.8) is 0 Å². The van der Waals surface area contributed by atoms with Crippen LogP contribution in [0.4, 0.5) is 5.82 Å². The minimum atomic E-state index is -2.41. The maximum atomic E-state index is 5.21. The third-order valence-electron chi connectivity index (χ3n) is 8.68. The fraction of sp³-hybridized carbons (Fsp3) is 0.667. The molecular weight excluding hydrogens is 551 g/mol. The molecule has 36 heavy (non-hydrogen) atoms. The van der Waals surface area contributed by atoms with E-state index in [2.05, 4.69) is 60.0 Å². The molecular formula is C30H48N4OSn. The topological polar surface area (TPSA) is 41.5 Å². The first kappa shape index (κ1) is 27.7. The van der Waals surface area contributed by atoms with Gasteiger partial charge in [-0.25, -0.2) is 0 Å². The Morgan fingerprint density at radius 3 is 2.08 bits per heavy atom. The number of unbranched alkanes of at least 4 members (excludes halogenated alkanes) is 4. The van der Waals surface area contributed by atoms with Crippen LogP contribution in [0.25, 0.3) is 0 Å². The number of nitrogens with zero attached hydrogens (tertiary/aromatic N) is 4. The quantitative estimate of drug-likeness (QED) is 0.175. The van der Waals surface area contributed by atoms with Gasteiger partial charge in [0.2, 0.25) is 5.88 Å². The van der Waals surface area contributed by atoms with Gasteiger partial charge >= 0.3 is 207 Å². The average Bonchev–Trinajstić information content (AvgIpc) is 2.93. The molecule has 2 aromatic rings. The van der Waals surface area contributed by atoms with E-state index in [0.717, 1.165) is 19.6 Å². The molecule has 2 unspecified atom stereocenters. The molecule has 6 heteroatoms. The zero-order valence-corrected chi connectivity index (χ0v) is 26.1. The molecule has 2 bridgehead atoms. The van der Waals surface area contributed by atoms with Crippen LogP contribution in [0.1, 0.15) is 77.7 Å². The first-order valence-electron chi connectivity index (χ1n) is 14.6. The van der Waals surface area contributed by atoms with E-state index in [1.54, 1.807) is 10.7 Å². The van der Waals surface area contributed by atoms with Crippen molar-refractivity contribution in [1.82, 2.24) is 14.9 Å². The maximum absolute atomic E-state index is 5.21. The summed E-state index contributed by atoms with van der Waals surface area (Å²) in [6, 6.07) is 10.3. The van der Waals surface area contributed by atoms with Gasteiger partial charge in [-0.1, -0.05) is 0 Å². The van der Waals surface area contributed by atoms with E-state index in [4.69, 9.17) is 9.72 Å². The van der Waals surface area contributed by atoms with Crippen molar-refractivity contribution < 1.29 is 4.74 Å². The summed E-state index contributed by atoms with van der Waals surface area (Å²) >= 11 is -2.41. The van der Waals surface area contributed by atoms with Gasteiger partial charge in [-0.05, 0) is 0 Å². The molecule has 5 heterocycles. The van der Waals surface area contributed by atoms with Gasteiger partial charge in [-0.2, -0.15) is 0 Å². The van der Waals surface area contributed by atoms with Crippen LogP contribution in [0, 0.1) is 0 Å². The Kier molecular flexibility index (Phi) is 10.3. The second kappa shape index (κ2) is 13.5. The van der Waals surface area contributed by atoms with Crippen LogP contribution in [-0.2, 0) is 6.54 Å². The van der Waals surface area contributed by atoms with Crippen molar-refractivity contribution in [3.05, 3.63) is 42.2 Å². The minimum absolute atomic E-state index is 0.619. The summed E-state index contributed by atoms with van der Waals surface area (Å²) in [5, 5.41) is 0. The van der Waals surface area contributed by atoms with Gasteiger partial charge in [0.05, 0.1) is 7.11 Å². The number of anilines is 1. The predicted molar refractivity (Wildman–Crippen MR) is 154 cm³/mol. The second-order valence-corrected chi connectivity index (χ2v) is 24.4. The van der Waals surface area contributed by atoms with Crippen LogP contribution in [0.3, 0.4) is 0 Å². The third kappa shape index (κ3) is 6.56. The van der Waals surface area contributed by atoms with Crippen molar-refractivity contribution in [2.75, 3.05) is 25.1 Å².